The summed E-state index contributed by atoms with van der Waals surface area (Å²) in [6.45, 7) is 0. The minimum absolute atomic E-state index is 0. The topological polar surface area (TPSA) is 73.0 Å². The summed E-state index contributed by atoms with van der Waals surface area (Å²) >= 11 is 0. The van der Waals surface area contributed by atoms with Gasteiger partial charge in [0.2, 0.25) is 0 Å². The maximum absolute atomic E-state index is 0. The third kappa shape index (κ3) is 4470. The predicted molar refractivity (Wildman–Crippen MR) is 12.0 cm³/mol. The van der Waals surface area contributed by atoms with Crippen LogP contribution in [0.3, 0.4) is 0 Å². The second-order valence-electron chi connectivity index (χ2n) is 0. The number of rotatable bonds is 0. The molecule has 0 atom stereocenters. The largest absolute Gasteiger partial charge is 3.00 e. The smallest absolute Gasteiger partial charge is 1.00 e. The van der Waals surface area contributed by atoms with Gasteiger partial charge in [-0.3, -0.25) is 0 Å². The predicted octanol–water partition coefficient (Wildman–Crippen LogP) is -14.2. The molecule has 0 aromatic carbocycles. The summed E-state index contributed by atoms with van der Waals surface area (Å²) in [6.07, 6.45) is 0. The van der Waals surface area contributed by atoms with Gasteiger partial charge in [-0.25, -0.2) is 0 Å². The van der Waals surface area contributed by atoms with Crippen LogP contribution >= 0.6 is 0 Å². The average Bonchev–Trinajstić information content (AvgIpc) is 0. The molecule has 0 aromatic rings. The van der Waals surface area contributed by atoms with E-state index < -0.39 is 0 Å². The van der Waals surface area contributed by atoms with Crippen molar-refractivity contribution >= 4 is 0 Å². The van der Waals surface area contributed by atoms with E-state index in [2.05, 4.69) is 0 Å². The van der Waals surface area contributed by atoms with Gasteiger partial charge in [0, 0.05) is 0 Å². The van der Waals surface area contributed by atoms with E-state index in [4.69, 9.17) is 0 Å². The number of halogens is 5. The molecule has 0 aliphatic heterocycles. The monoisotopic (exact) mass is 234 g/mol. The number of hydrogen-bond donors (Lipinski definition) is 2. The molecule has 0 saturated carbocycles. The van der Waals surface area contributed by atoms with Crippen LogP contribution in [0.15, 0.2) is 0 Å². The van der Waals surface area contributed by atoms with Crippen LogP contribution in [-0.4, -0.2) is 0 Å². The molecule has 0 spiro atoms. The maximum Gasteiger partial charge on any atom is 3.00 e. The molecule has 0 aliphatic rings. The Morgan fingerprint density at radius 2 is 0.375 bits per heavy atom. The van der Waals surface area contributed by atoms with Crippen molar-refractivity contribution in [3.05, 3.63) is 0 Å². The van der Waals surface area contributed by atoms with Crippen LogP contribution in [-0.2, 0) is 19.5 Å². The first-order valence-electron chi connectivity index (χ1n) is 0. The first-order valence-corrected chi connectivity index (χ1v) is 0. The molecule has 0 unspecified atom stereocenters. The summed E-state index contributed by atoms with van der Waals surface area (Å²) in [6, 6.07) is 0. The second-order valence-corrected chi connectivity index (χ2v) is 0. The zero-order valence-electron chi connectivity index (χ0n) is 4.22. The first kappa shape index (κ1) is 11300. The third-order valence-electron chi connectivity index (χ3n) is 0. The van der Waals surface area contributed by atoms with Crippen molar-refractivity contribution in [1.29, 1.82) is 0 Å². The normalized spacial score (nSPS) is 0. The van der Waals surface area contributed by atoms with Crippen molar-refractivity contribution in [1.82, 2.24) is 12.3 Å². The third-order valence-corrected chi connectivity index (χ3v) is 0. The molecule has 2 nitrogen and oxygen atoms in total. The fraction of sp³-hybridized carbons (Fsp3) is 0. The molecule has 0 bridgehead atoms. The molecule has 8 heteroatoms. The van der Waals surface area contributed by atoms with Gasteiger partial charge in [-0.2, -0.15) is 0 Å². The molecule has 0 amide bonds. The van der Waals surface area contributed by atoms with E-state index in [0.717, 1.165) is 0 Å². The van der Waals surface area contributed by atoms with Crippen LogP contribution in [0.1, 0.15) is 0 Å². The van der Waals surface area contributed by atoms with Crippen LogP contribution in [0.5, 0.6) is 0 Å². The SMILES string of the molecule is [F-].[F-].[F-].[F-].[F-].[NH4+].[NH4+].[Rh+3]. The summed E-state index contributed by atoms with van der Waals surface area (Å²) in [4.78, 5) is 0. The Morgan fingerprint density at radius 3 is 0.375 bits per heavy atom. The van der Waals surface area contributed by atoms with Crippen molar-refractivity contribution in [3.63, 3.8) is 0 Å². The van der Waals surface area contributed by atoms with E-state index in [1.807, 2.05) is 0 Å². The van der Waals surface area contributed by atoms with Crippen LogP contribution in [0, 0.1) is 0 Å². The van der Waals surface area contributed by atoms with Crippen molar-refractivity contribution in [2.45, 2.75) is 0 Å². The molecule has 0 fully saturated rings. The van der Waals surface area contributed by atoms with Gasteiger partial charge in [0.25, 0.3) is 0 Å². The standard InChI is InChI=1S/5FH.2H3N.Rh/h5*1H;2*1H3;/q;;;;;;;+3/p-3. The Morgan fingerprint density at radius 1 is 0.375 bits per heavy atom. The molecule has 0 aliphatic carbocycles. The summed E-state index contributed by atoms with van der Waals surface area (Å²) < 4.78 is 0. The van der Waals surface area contributed by atoms with Gasteiger partial charge < -0.3 is 35.8 Å². The van der Waals surface area contributed by atoms with Crippen molar-refractivity contribution in [2.75, 3.05) is 0 Å². The zero-order chi connectivity index (χ0) is 0. The summed E-state index contributed by atoms with van der Waals surface area (Å²) in [5.41, 5.74) is 0. The van der Waals surface area contributed by atoms with Gasteiger partial charge in [0.15, 0.2) is 0 Å². The van der Waals surface area contributed by atoms with E-state index in [9.17, 15) is 0 Å². The average molecular weight is 234 g/mol. The van der Waals surface area contributed by atoms with E-state index in [0.29, 0.717) is 0 Å². The number of quaternary nitrogens is 2. The minimum Gasteiger partial charge on any atom is -1.00 e. The van der Waals surface area contributed by atoms with Crippen LogP contribution < -0.4 is 35.8 Å². The Labute approximate surface area is 56.2 Å². The Balaban J connectivity index is 0. The van der Waals surface area contributed by atoms with E-state index in [1.165, 1.54) is 0 Å². The van der Waals surface area contributed by atoms with E-state index >= 15 is 0 Å². The second kappa shape index (κ2) is 7380. The Bertz CT molecular complexity index is 10.4. The van der Waals surface area contributed by atoms with Gasteiger partial charge >= 0.3 is 19.5 Å². The minimum atomic E-state index is 0. The number of hydrogen-bond acceptors (Lipinski definition) is 0. The molecule has 8 N–H and O–H groups in total. The van der Waals surface area contributed by atoms with Crippen LogP contribution in [0.4, 0.5) is 0 Å². The van der Waals surface area contributed by atoms with Gasteiger partial charge in [-0.15, -0.1) is 0 Å². The van der Waals surface area contributed by atoms with Crippen LogP contribution in [0.2, 0.25) is 0 Å². The van der Waals surface area contributed by atoms with Crippen LogP contribution in [0.25, 0.3) is 0 Å². The van der Waals surface area contributed by atoms with E-state index in [-0.39, 0.29) is 55.3 Å². The van der Waals surface area contributed by atoms with Crippen molar-refractivity contribution in [2.24, 2.45) is 0 Å². The molecule has 0 rings (SSSR count). The van der Waals surface area contributed by atoms with Crippen molar-refractivity contribution in [3.8, 4) is 0 Å². The Hall–Kier alpha value is 0.193. The molecule has 0 aromatic heterocycles. The molecule has 8 heavy (non-hydrogen) atoms. The molecule has 0 heterocycles. The molecular weight excluding hydrogens is 226 g/mol. The van der Waals surface area contributed by atoms with Gasteiger partial charge in [0.05, 0.1) is 0 Å². The molecule has 0 saturated heterocycles. The summed E-state index contributed by atoms with van der Waals surface area (Å²) in [5, 5.41) is 0. The van der Waals surface area contributed by atoms with E-state index in [1.54, 1.807) is 0 Å². The van der Waals surface area contributed by atoms with Gasteiger partial charge in [-0.1, -0.05) is 0 Å². The molecule has 0 radical (unpaired) electrons. The first-order chi connectivity index (χ1) is 0. The fourth-order valence-corrected chi connectivity index (χ4v) is 0. The van der Waals surface area contributed by atoms with Gasteiger partial charge in [0.1, 0.15) is 0 Å². The Kier molecular flexibility index (Phi) is 10500000. The zero-order valence-corrected chi connectivity index (χ0v) is 5.86. The maximum atomic E-state index is 0. The quantitative estimate of drug-likeness (QED) is 0.308. The van der Waals surface area contributed by atoms with Gasteiger partial charge in [-0.05, 0) is 0 Å². The molecule has 62 valence electrons. The summed E-state index contributed by atoms with van der Waals surface area (Å²) in [5.74, 6) is 0. The summed E-state index contributed by atoms with van der Waals surface area (Å²) in [7, 11) is 0. The molecular formula is H8F5N2Rh. The fourth-order valence-electron chi connectivity index (χ4n) is 0. The van der Waals surface area contributed by atoms with Crippen molar-refractivity contribution < 1.29 is 43.0 Å².